The van der Waals surface area contributed by atoms with E-state index >= 15 is 0 Å². The quantitative estimate of drug-likeness (QED) is 0.872. The summed E-state index contributed by atoms with van der Waals surface area (Å²) < 4.78 is 5.41. The fourth-order valence-electron chi connectivity index (χ4n) is 2.52. The lowest BCUT2D eigenvalue weighted by molar-refractivity contribution is -0.130. The van der Waals surface area contributed by atoms with Crippen LogP contribution >= 0.6 is 11.8 Å². The van der Waals surface area contributed by atoms with Gasteiger partial charge in [0, 0.05) is 25.1 Å². The fourth-order valence-corrected chi connectivity index (χ4v) is 3.86. The summed E-state index contributed by atoms with van der Waals surface area (Å²) in [6.45, 7) is 4.81. The minimum absolute atomic E-state index is 0.0290. The number of ether oxygens (including phenoxy) is 1. The third-order valence-electron chi connectivity index (χ3n) is 3.61. The number of hydrogen-bond acceptors (Lipinski definition) is 4. The van der Waals surface area contributed by atoms with Gasteiger partial charge in [-0.2, -0.15) is 0 Å². The first-order valence-electron chi connectivity index (χ1n) is 7.44. The zero-order chi connectivity index (χ0) is 16.1. The van der Waals surface area contributed by atoms with Crippen molar-refractivity contribution in [3.05, 3.63) is 29.8 Å². The van der Waals surface area contributed by atoms with Crippen molar-refractivity contribution in [3.63, 3.8) is 0 Å². The Hall–Kier alpha value is -1.69. The molecule has 1 aliphatic heterocycles. The van der Waals surface area contributed by atoms with Crippen molar-refractivity contribution in [2.75, 3.05) is 20.2 Å². The molecule has 1 saturated heterocycles. The molecular formula is C16H22N2O3S. The van der Waals surface area contributed by atoms with E-state index in [0.29, 0.717) is 19.5 Å². The summed E-state index contributed by atoms with van der Waals surface area (Å²) in [6, 6.07) is 7.71. The highest BCUT2D eigenvalue weighted by molar-refractivity contribution is 8.01. The standard InChI is InChI=1S/C16H22N2O3S/c1-4-17-14(19)9-10-18-15(20)11(2)22-16(18)12-7-5-6-8-13(12)21-3/h5-8,11,16H,4,9-10H2,1-3H3,(H,17,19)/t11-,16+/m1/s1. The predicted octanol–water partition coefficient (Wildman–Crippen LogP) is 2.18. The molecule has 6 heteroatoms. The average molecular weight is 322 g/mol. The van der Waals surface area contributed by atoms with Crippen LogP contribution in [0.2, 0.25) is 0 Å². The van der Waals surface area contributed by atoms with Crippen LogP contribution in [0.4, 0.5) is 0 Å². The lowest BCUT2D eigenvalue weighted by Crippen LogP contribution is -2.34. The molecule has 1 N–H and O–H groups in total. The van der Waals surface area contributed by atoms with Crippen LogP contribution in [-0.2, 0) is 9.59 Å². The summed E-state index contributed by atoms with van der Waals surface area (Å²) >= 11 is 1.59. The van der Waals surface area contributed by atoms with E-state index in [9.17, 15) is 9.59 Å². The molecule has 0 aliphatic carbocycles. The number of amides is 2. The number of methoxy groups -OCH3 is 1. The van der Waals surface area contributed by atoms with Gasteiger partial charge in [0.15, 0.2) is 0 Å². The minimum atomic E-state index is -0.107. The van der Waals surface area contributed by atoms with Crippen molar-refractivity contribution >= 4 is 23.6 Å². The van der Waals surface area contributed by atoms with E-state index in [-0.39, 0.29) is 22.4 Å². The number of thioether (sulfide) groups is 1. The SMILES string of the molecule is CCNC(=O)CCN1C(=O)[C@@H](C)S[C@H]1c1ccccc1OC. The molecule has 2 atom stereocenters. The van der Waals surface area contributed by atoms with Crippen LogP contribution in [0.25, 0.3) is 0 Å². The monoisotopic (exact) mass is 322 g/mol. The molecule has 0 aromatic heterocycles. The van der Waals surface area contributed by atoms with Gasteiger partial charge in [-0.25, -0.2) is 0 Å². The van der Waals surface area contributed by atoms with Crippen LogP contribution < -0.4 is 10.1 Å². The Labute approximate surface area is 135 Å². The highest BCUT2D eigenvalue weighted by Gasteiger charge is 2.39. The second-order valence-corrected chi connectivity index (χ2v) is 6.53. The molecule has 0 unspecified atom stereocenters. The van der Waals surface area contributed by atoms with E-state index in [2.05, 4.69) is 5.32 Å². The van der Waals surface area contributed by atoms with Crippen LogP contribution in [-0.4, -0.2) is 42.2 Å². The summed E-state index contributed by atoms with van der Waals surface area (Å²) in [5.41, 5.74) is 0.976. The van der Waals surface area contributed by atoms with Crippen molar-refractivity contribution in [3.8, 4) is 5.75 Å². The number of benzene rings is 1. The molecule has 1 aromatic rings. The highest BCUT2D eigenvalue weighted by Crippen LogP contribution is 2.45. The van der Waals surface area contributed by atoms with E-state index in [1.165, 1.54) is 0 Å². The van der Waals surface area contributed by atoms with Crippen LogP contribution in [0, 0.1) is 0 Å². The number of nitrogens with one attached hydrogen (secondary N) is 1. The van der Waals surface area contributed by atoms with Gasteiger partial charge >= 0.3 is 0 Å². The van der Waals surface area contributed by atoms with Crippen molar-refractivity contribution in [2.45, 2.75) is 30.9 Å². The first kappa shape index (κ1) is 16.7. The third-order valence-corrected chi connectivity index (χ3v) is 4.98. The van der Waals surface area contributed by atoms with E-state index < -0.39 is 0 Å². The molecule has 1 fully saturated rings. The summed E-state index contributed by atoms with van der Waals surface area (Å²) in [4.78, 5) is 25.8. The van der Waals surface area contributed by atoms with E-state index in [1.807, 2.05) is 38.1 Å². The first-order valence-corrected chi connectivity index (χ1v) is 8.38. The Balaban J connectivity index is 2.17. The number of rotatable bonds is 6. The smallest absolute Gasteiger partial charge is 0.236 e. The topological polar surface area (TPSA) is 58.6 Å². The normalized spacial score (nSPS) is 21.0. The van der Waals surface area contributed by atoms with Crippen LogP contribution in [0.15, 0.2) is 24.3 Å². The lowest BCUT2D eigenvalue weighted by Gasteiger charge is -2.25. The van der Waals surface area contributed by atoms with Gasteiger partial charge in [0.25, 0.3) is 0 Å². The van der Waals surface area contributed by atoms with Gasteiger partial charge < -0.3 is 15.0 Å². The lowest BCUT2D eigenvalue weighted by atomic mass is 10.1. The molecule has 1 heterocycles. The van der Waals surface area contributed by atoms with Gasteiger partial charge in [-0.05, 0) is 19.9 Å². The van der Waals surface area contributed by atoms with Gasteiger partial charge in [-0.1, -0.05) is 18.2 Å². The number of para-hydroxylation sites is 1. The summed E-state index contributed by atoms with van der Waals surface area (Å²) in [5.74, 6) is 0.814. The third kappa shape index (κ3) is 3.55. The average Bonchev–Trinajstić information content (AvgIpc) is 2.80. The van der Waals surface area contributed by atoms with Crippen LogP contribution in [0.1, 0.15) is 31.2 Å². The van der Waals surface area contributed by atoms with Gasteiger partial charge in [0.1, 0.15) is 11.1 Å². The molecule has 0 radical (unpaired) electrons. The molecule has 2 rings (SSSR count). The van der Waals surface area contributed by atoms with Crippen molar-refractivity contribution < 1.29 is 14.3 Å². The Morgan fingerprint density at radius 1 is 1.41 bits per heavy atom. The molecule has 2 amide bonds. The Morgan fingerprint density at radius 3 is 2.82 bits per heavy atom. The number of carbonyl (C=O) groups excluding carboxylic acids is 2. The summed E-state index contributed by atoms with van der Waals surface area (Å²) in [6.07, 6.45) is 0.318. The minimum Gasteiger partial charge on any atom is -0.496 e. The van der Waals surface area contributed by atoms with E-state index in [1.54, 1.807) is 23.8 Å². The number of nitrogens with zero attached hydrogens (tertiary/aromatic N) is 1. The molecule has 1 aromatic carbocycles. The maximum absolute atomic E-state index is 12.4. The molecule has 0 saturated carbocycles. The molecule has 22 heavy (non-hydrogen) atoms. The van der Waals surface area contributed by atoms with Crippen LogP contribution in [0.5, 0.6) is 5.75 Å². The van der Waals surface area contributed by atoms with Gasteiger partial charge in [0.05, 0.1) is 12.4 Å². The fraction of sp³-hybridized carbons (Fsp3) is 0.500. The maximum atomic E-state index is 12.4. The second kappa shape index (κ2) is 7.54. The number of hydrogen-bond donors (Lipinski definition) is 1. The molecule has 5 nitrogen and oxygen atoms in total. The molecule has 0 bridgehead atoms. The Morgan fingerprint density at radius 2 is 2.14 bits per heavy atom. The second-order valence-electron chi connectivity index (χ2n) is 5.11. The molecule has 120 valence electrons. The zero-order valence-electron chi connectivity index (χ0n) is 13.2. The summed E-state index contributed by atoms with van der Waals surface area (Å²) in [7, 11) is 1.63. The zero-order valence-corrected chi connectivity index (χ0v) is 14.0. The Bertz CT molecular complexity index is 550. The molecule has 1 aliphatic rings. The van der Waals surface area contributed by atoms with E-state index in [0.717, 1.165) is 11.3 Å². The molecular weight excluding hydrogens is 300 g/mol. The van der Waals surface area contributed by atoms with Crippen molar-refractivity contribution in [2.24, 2.45) is 0 Å². The summed E-state index contributed by atoms with van der Waals surface area (Å²) in [5, 5.41) is 2.55. The number of carbonyl (C=O) groups is 2. The highest BCUT2D eigenvalue weighted by atomic mass is 32.2. The first-order chi connectivity index (χ1) is 10.6. The predicted molar refractivity (Wildman–Crippen MR) is 87.8 cm³/mol. The Kier molecular flexibility index (Phi) is 5.71. The maximum Gasteiger partial charge on any atom is 0.236 e. The van der Waals surface area contributed by atoms with Crippen LogP contribution in [0.3, 0.4) is 0 Å². The van der Waals surface area contributed by atoms with Crippen molar-refractivity contribution in [1.29, 1.82) is 0 Å². The van der Waals surface area contributed by atoms with Crippen molar-refractivity contribution in [1.82, 2.24) is 10.2 Å². The van der Waals surface area contributed by atoms with Gasteiger partial charge in [-0.15, -0.1) is 11.8 Å². The largest absolute Gasteiger partial charge is 0.496 e. The molecule has 0 spiro atoms. The van der Waals surface area contributed by atoms with Gasteiger partial charge in [-0.3, -0.25) is 9.59 Å². The van der Waals surface area contributed by atoms with Gasteiger partial charge in [0.2, 0.25) is 11.8 Å². The van der Waals surface area contributed by atoms with E-state index in [4.69, 9.17) is 4.74 Å².